The maximum Gasteiger partial charge on any atom is 0.240 e. The number of hydrogen-bond acceptors (Lipinski definition) is 4. The number of aromatic nitrogens is 8. The molecule has 0 atom stereocenters. The van der Waals surface area contributed by atoms with Crippen molar-refractivity contribution in [3.05, 3.63) is 267 Å². The molecule has 0 saturated carbocycles. The largest absolute Gasteiger partial charge is 0.309 e. The van der Waals surface area contributed by atoms with Crippen LogP contribution in [0.1, 0.15) is 0 Å². The van der Waals surface area contributed by atoms with E-state index < -0.39 is 0 Å². The Labute approximate surface area is 482 Å². The fraction of sp³-hybridized carbons (Fsp3) is 0. The van der Waals surface area contributed by atoms with Gasteiger partial charge in [-0.25, -0.2) is 0 Å². The Balaban J connectivity index is 0.876. The maximum atomic E-state index is 5.69. The molecule has 0 bridgehead atoms. The second-order valence-electron chi connectivity index (χ2n) is 22.0. The average molecular weight is 1090 g/mol. The predicted molar refractivity (Wildman–Crippen MR) is 350 cm³/mol. The van der Waals surface area contributed by atoms with Crippen LogP contribution in [0.2, 0.25) is 0 Å². The first kappa shape index (κ1) is 45.6. The van der Waals surface area contributed by atoms with E-state index in [1.54, 1.807) is 0 Å². The third-order valence-electron chi connectivity index (χ3n) is 17.5. The van der Waals surface area contributed by atoms with Crippen molar-refractivity contribution in [1.82, 2.24) is 37.8 Å². The second kappa shape index (κ2) is 17.2. The Bertz CT molecular complexity index is 5730. The third kappa shape index (κ3) is 6.38. The lowest BCUT2D eigenvalue weighted by Gasteiger charge is -2.13. The molecule has 0 aliphatic rings. The number of para-hydroxylation sites is 7. The highest BCUT2D eigenvalue weighted by molar-refractivity contribution is 7.25. The normalized spacial score (nSPS) is 12.3. The van der Waals surface area contributed by atoms with E-state index >= 15 is 0 Å². The van der Waals surface area contributed by atoms with E-state index in [1.807, 2.05) is 11.3 Å². The summed E-state index contributed by atoms with van der Waals surface area (Å²) in [6.45, 7) is 0. The topological polar surface area (TPSA) is 63.3 Å². The van der Waals surface area contributed by atoms with Gasteiger partial charge in [0.25, 0.3) is 0 Å². The SMILES string of the molecule is c1ccc(-n2c3ccccc3c3cc4c(cc32)c2ccccc2n4-c2nc(-c3ccc(-n4c5ccccc5c5cc6c(cc54)sc4ccccc46)cc3)nc(-n3c4ccccc4c4cc5c(cc43)c3ccccc3n5-c3ccccc3)n2)cc1. The lowest BCUT2D eigenvalue weighted by molar-refractivity contribution is 0.893. The van der Waals surface area contributed by atoms with Gasteiger partial charge in [0.05, 0.1) is 55.2 Å². The zero-order valence-corrected chi connectivity index (χ0v) is 45.7. The smallest absolute Gasteiger partial charge is 0.240 e. The Kier molecular flexibility index (Phi) is 9.33. The molecule has 0 fully saturated rings. The van der Waals surface area contributed by atoms with Gasteiger partial charge in [-0.3, -0.25) is 9.13 Å². The van der Waals surface area contributed by atoms with E-state index in [1.165, 1.54) is 47.2 Å². The van der Waals surface area contributed by atoms with Crippen molar-refractivity contribution in [2.75, 3.05) is 0 Å². The van der Waals surface area contributed by atoms with Gasteiger partial charge < -0.3 is 13.7 Å². The molecule has 9 heteroatoms. The lowest BCUT2D eigenvalue weighted by Crippen LogP contribution is -2.10. The first-order valence-corrected chi connectivity index (χ1v) is 29.2. The number of benzene rings is 12. The third-order valence-corrected chi connectivity index (χ3v) is 18.7. The van der Waals surface area contributed by atoms with Crippen LogP contribution in [0.4, 0.5) is 0 Å². The molecule has 8 nitrogen and oxygen atoms in total. The van der Waals surface area contributed by atoms with Gasteiger partial charge in [-0.1, -0.05) is 146 Å². The van der Waals surface area contributed by atoms with Gasteiger partial charge in [0.15, 0.2) is 5.82 Å². The highest BCUT2D eigenvalue weighted by Gasteiger charge is 2.25. The number of fused-ring (bicyclic) bond motifs is 18. The minimum atomic E-state index is 0.527. The molecule has 0 aliphatic heterocycles. The maximum absolute atomic E-state index is 5.69. The summed E-state index contributed by atoms with van der Waals surface area (Å²) in [4.78, 5) is 16.9. The van der Waals surface area contributed by atoms with Crippen molar-refractivity contribution < 1.29 is 0 Å². The molecule has 0 amide bonds. The summed E-state index contributed by atoms with van der Waals surface area (Å²) in [7, 11) is 0. The molecule has 0 spiro atoms. The first-order valence-electron chi connectivity index (χ1n) is 28.4. The molecule has 19 rings (SSSR count). The zero-order valence-electron chi connectivity index (χ0n) is 44.9. The van der Waals surface area contributed by atoms with Crippen molar-refractivity contribution >= 4 is 141 Å². The summed E-state index contributed by atoms with van der Waals surface area (Å²) in [5, 5.41) is 14.1. The van der Waals surface area contributed by atoms with Gasteiger partial charge in [-0.15, -0.1) is 11.3 Å². The fourth-order valence-corrected chi connectivity index (χ4v) is 15.0. The van der Waals surface area contributed by atoms with Gasteiger partial charge in [0.2, 0.25) is 11.9 Å². The molecule has 7 aromatic heterocycles. The summed E-state index contributed by atoms with van der Waals surface area (Å²) < 4.78 is 14.3. The molecule has 84 heavy (non-hydrogen) atoms. The second-order valence-corrected chi connectivity index (χ2v) is 23.1. The number of thiophene rings is 1. The van der Waals surface area contributed by atoms with Crippen LogP contribution in [0, 0.1) is 0 Å². The summed E-state index contributed by atoms with van der Waals surface area (Å²) in [6.07, 6.45) is 0. The quantitative estimate of drug-likeness (QED) is 0.167. The van der Waals surface area contributed by atoms with Crippen molar-refractivity contribution in [1.29, 1.82) is 0 Å². The number of rotatable bonds is 6. The van der Waals surface area contributed by atoms with Gasteiger partial charge in [-0.2, -0.15) is 15.0 Å². The van der Waals surface area contributed by atoms with Crippen LogP contribution in [0.5, 0.6) is 0 Å². The Morgan fingerprint density at radius 3 is 0.988 bits per heavy atom. The van der Waals surface area contributed by atoms with Crippen LogP contribution in [0.3, 0.4) is 0 Å². The molecule has 19 aromatic rings. The average Bonchev–Trinajstić information content (AvgIpc) is 3.96. The predicted octanol–water partition coefficient (Wildman–Crippen LogP) is 19.4. The zero-order chi connectivity index (χ0) is 54.7. The molecular formula is C75H44N8S. The summed E-state index contributed by atoms with van der Waals surface area (Å²) in [5.41, 5.74) is 15.1. The van der Waals surface area contributed by atoms with E-state index in [9.17, 15) is 0 Å². The molecular weight excluding hydrogens is 1040 g/mol. The summed E-state index contributed by atoms with van der Waals surface area (Å²) >= 11 is 1.85. The molecule has 12 aromatic carbocycles. The molecule has 390 valence electrons. The minimum absolute atomic E-state index is 0.527. The Morgan fingerprint density at radius 1 is 0.214 bits per heavy atom. The van der Waals surface area contributed by atoms with Gasteiger partial charge >= 0.3 is 0 Å². The van der Waals surface area contributed by atoms with Gasteiger partial charge in [0.1, 0.15) is 0 Å². The van der Waals surface area contributed by atoms with Gasteiger partial charge in [0, 0.05) is 96.7 Å². The van der Waals surface area contributed by atoms with Crippen LogP contribution in [-0.4, -0.2) is 37.8 Å². The van der Waals surface area contributed by atoms with E-state index in [-0.39, 0.29) is 0 Å². The van der Waals surface area contributed by atoms with Crippen molar-refractivity contribution in [3.8, 4) is 40.3 Å². The standard InChI is InChI=1S/C75H44N8S/c1-3-19-46(20-4-1)79-62-30-14-8-24-50(62)56-42-68-58(40-66(56)79)52-26-10-16-32-64(52)82(68)74-76-73(45-35-37-48(38-36-45)81-61-29-13-7-23-49(61)55-39-60-54-28-12-18-34-71(54)84-72(60)44-70(55)81)77-75(78-74)83-65-33-17-11-27-53(65)59-41-67-57(43-69(59)83)51-25-9-15-31-63(51)80(67)47-21-5-2-6-22-47/h1-44H. The molecule has 0 radical (unpaired) electrons. The van der Waals surface area contributed by atoms with E-state index in [0.717, 1.165) is 105 Å². The minimum Gasteiger partial charge on any atom is -0.309 e. The molecule has 0 saturated heterocycles. The lowest BCUT2D eigenvalue weighted by atomic mass is 10.1. The van der Waals surface area contributed by atoms with Crippen LogP contribution in [0.15, 0.2) is 267 Å². The molecule has 0 aliphatic carbocycles. The fourth-order valence-electron chi connectivity index (χ4n) is 13.9. The van der Waals surface area contributed by atoms with Crippen LogP contribution in [0.25, 0.3) is 170 Å². The molecule has 0 unspecified atom stereocenters. The van der Waals surface area contributed by atoms with Crippen molar-refractivity contribution in [2.45, 2.75) is 0 Å². The highest BCUT2D eigenvalue weighted by atomic mass is 32.1. The molecule has 0 N–H and O–H groups in total. The number of nitrogens with zero attached hydrogens (tertiary/aromatic N) is 8. The monoisotopic (exact) mass is 1090 g/mol. The highest BCUT2D eigenvalue weighted by Crippen LogP contribution is 2.44. The van der Waals surface area contributed by atoms with Crippen LogP contribution in [-0.2, 0) is 0 Å². The van der Waals surface area contributed by atoms with Crippen molar-refractivity contribution in [3.63, 3.8) is 0 Å². The Hall–Kier alpha value is -11.1. The van der Waals surface area contributed by atoms with Gasteiger partial charge in [-0.05, 0) is 121 Å². The Morgan fingerprint density at radius 2 is 0.548 bits per heavy atom. The number of hydrogen-bond donors (Lipinski definition) is 0. The van der Waals surface area contributed by atoms with Crippen LogP contribution >= 0.6 is 11.3 Å². The first-order chi connectivity index (χ1) is 41.7. The van der Waals surface area contributed by atoms with Crippen LogP contribution < -0.4 is 0 Å². The molecule has 7 heterocycles. The van der Waals surface area contributed by atoms with Crippen molar-refractivity contribution in [2.24, 2.45) is 0 Å². The van der Waals surface area contributed by atoms with E-state index in [2.05, 4.69) is 290 Å². The summed E-state index contributed by atoms with van der Waals surface area (Å²) in [5.74, 6) is 1.62. The van der Waals surface area contributed by atoms with E-state index in [4.69, 9.17) is 15.0 Å². The summed E-state index contributed by atoms with van der Waals surface area (Å²) in [6, 6.07) is 96.6. The van der Waals surface area contributed by atoms with E-state index in [0.29, 0.717) is 17.7 Å².